The van der Waals surface area contributed by atoms with Crippen molar-refractivity contribution in [3.8, 4) is 11.4 Å². The third-order valence-electron chi connectivity index (χ3n) is 4.77. The highest BCUT2D eigenvalue weighted by atomic mass is 19.1. The Bertz CT molecular complexity index is 1210. The predicted octanol–water partition coefficient (Wildman–Crippen LogP) is 2.71. The van der Waals surface area contributed by atoms with Crippen molar-refractivity contribution in [1.82, 2.24) is 35.2 Å². The quantitative estimate of drug-likeness (QED) is 0.530. The first-order valence-electron chi connectivity index (χ1n) is 9.50. The van der Waals surface area contributed by atoms with Crippen molar-refractivity contribution >= 4 is 11.6 Å². The molecule has 1 fully saturated rings. The van der Waals surface area contributed by atoms with Gasteiger partial charge < -0.3 is 5.32 Å². The Labute approximate surface area is 170 Å². The van der Waals surface area contributed by atoms with Crippen LogP contribution in [0.4, 0.5) is 10.1 Å². The van der Waals surface area contributed by atoms with Gasteiger partial charge in [-0.3, -0.25) is 4.79 Å². The van der Waals surface area contributed by atoms with E-state index in [4.69, 9.17) is 0 Å². The molecule has 1 amide bonds. The number of nitrogens with zero attached hydrogens (tertiary/aromatic N) is 7. The van der Waals surface area contributed by atoms with Gasteiger partial charge >= 0.3 is 0 Å². The van der Waals surface area contributed by atoms with Crippen LogP contribution in [0.1, 0.15) is 34.9 Å². The fraction of sp³-hybridized carbons (Fsp3) is 0.200. The first-order chi connectivity index (χ1) is 14.7. The van der Waals surface area contributed by atoms with Crippen LogP contribution < -0.4 is 5.32 Å². The van der Waals surface area contributed by atoms with Crippen molar-refractivity contribution in [2.24, 2.45) is 0 Å². The lowest BCUT2D eigenvalue weighted by Crippen LogP contribution is -2.12. The molecule has 5 rings (SSSR count). The molecule has 1 aliphatic rings. The molecule has 1 aliphatic carbocycles. The first-order valence-corrected chi connectivity index (χ1v) is 9.50. The number of tetrazole rings is 1. The summed E-state index contributed by atoms with van der Waals surface area (Å²) in [4.78, 5) is 12.6. The van der Waals surface area contributed by atoms with Crippen LogP contribution in [-0.2, 0) is 6.54 Å². The van der Waals surface area contributed by atoms with Gasteiger partial charge in [0.2, 0.25) is 0 Å². The highest BCUT2D eigenvalue weighted by Crippen LogP contribution is 2.36. The highest BCUT2D eigenvalue weighted by Gasteiger charge is 2.28. The lowest BCUT2D eigenvalue weighted by Gasteiger charge is -2.06. The summed E-state index contributed by atoms with van der Waals surface area (Å²) in [5.74, 6) is -0.0350. The number of hydrogen-bond acceptors (Lipinski definition) is 6. The topological polar surface area (TPSA) is 103 Å². The monoisotopic (exact) mass is 404 g/mol. The SMILES string of the molecule is O=C(Nc1cccc(-c2nnnn2C2CC2)c1)c1cn(Cc2cccc(F)c2)nn1. The van der Waals surface area contributed by atoms with Crippen LogP contribution in [0.25, 0.3) is 11.4 Å². The molecule has 150 valence electrons. The van der Waals surface area contributed by atoms with E-state index >= 15 is 0 Å². The van der Waals surface area contributed by atoms with Gasteiger partial charge in [0.1, 0.15) is 5.82 Å². The van der Waals surface area contributed by atoms with E-state index in [1.807, 2.05) is 22.9 Å². The van der Waals surface area contributed by atoms with E-state index in [0.29, 0.717) is 24.1 Å². The summed E-state index contributed by atoms with van der Waals surface area (Å²) < 4.78 is 16.6. The van der Waals surface area contributed by atoms with Gasteiger partial charge in [-0.1, -0.05) is 29.5 Å². The molecule has 0 bridgehead atoms. The number of rotatable bonds is 6. The van der Waals surface area contributed by atoms with Gasteiger partial charge in [-0.15, -0.1) is 10.2 Å². The zero-order chi connectivity index (χ0) is 20.5. The maximum atomic E-state index is 13.3. The number of carbonyl (C=O) groups is 1. The number of carbonyl (C=O) groups excluding carboxylic acids is 1. The van der Waals surface area contributed by atoms with Gasteiger partial charge in [-0.2, -0.15) is 0 Å². The van der Waals surface area contributed by atoms with E-state index in [0.717, 1.165) is 24.0 Å². The molecule has 1 saturated carbocycles. The normalized spacial score (nSPS) is 13.4. The predicted molar refractivity (Wildman–Crippen MR) is 105 cm³/mol. The van der Waals surface area contributed by atoms with Crippen LogP contribution in [0.3, 0.4) is 0 Å². The molecule has 9 nitrogen and oxygen atoms in total. The minimum atomic E-state index is -0.389. The lowest BCUT2D eigenvalue weighted by molar-refractivity contribution is 0.102. The van der Waals surface area contributed by atoms with Gasteiger partial charge in [0.05, 0.1) is 18.8 Å². The van der Waals surface area contributed by atoms with E-state index < -0.39 is 0 Å². The summed E-state index contributed by atoms with van der Waals surface area (Å²) in [6.45, 7) is 0.317. The average Bonchev–Trinajstić information content (AvgIpc) is 3.27. The zero-order valence-corrected chi connectivity index (χ0v) is 15.8. The Kier molecular flexibility index (Phi) is 4.51. The van der Waals surface area contributed by atoms with Gasteiger partial charge in [0.25, 0.3) is 5.91 Å². The summed E-state index contributed by atoms with van der Waals surface area (Å²) >= 11 is 0. The molecule has 10 heteroatoms. The molecule has 0 unspecified atom stereocenters. The van der Waals surface area contributed by atoms with Crippen LogP contribution in [0.5, 0.6) is 0 Å². The number of benzene rings is 2. The molecule has 0 radical (unpaired) electrons. The summed E-state index contributed by atoms with van der Waals surface area (Å²) in [5, 5.41) is 22.6. The number of nitrogens with one attached hydrogen (secondary N) is 1. The Hall–Kier alpha value is -3.95. The maximum absolute atomic E-state index is 13.3. The number of hydrogen-bond donors (Lipinski definition) is 1. The highest BCUT2D eigenvalue weighted by molar-refractivity contribution is 6.02. The van der Waals surface area contributed by atoms with Crippen molar-refractivity contribution in [3.63, 3.8) is 0 Å². The number of amides is 1. The minimum absolute atomic E-state index is 0.166. The van der Waals surface area contributed by atoms with Crippen LogP contribution in [-0.4, -0.2) is 41.1 Å². The second-order valence-corrected chi connectivity index (χ2v) is 7.14. The van der Waals surface area contributed by atoms with Crippen molar-refractivity contribution in [1.29, 1.82) is 0 Å². The molecular weight excluding hydrogens is 387 g/mol. The van der Waals surface area contributed by atoms with Crippen molar-refractivity contribution in [2.45, 2.75) is 25.4 Å². The Morgan fingerprint density at radius 3 is 2.80 bits per heavy atom. The number of anilines is 1. The van der Waals surface area contributed by atoms with Gasteiger partial charge in [0.15, 0.2) is 11.5 Å². The van der Waals surface area contributed by atoms with E-state index in [1.54, 1.807) is 18.2 Å². The molecule has 2 aromatic heterocycles. The third-order valence-corrected chi connectivity index (χ3v) is 4.77. The van der Waals surface area contributed by atoms with E-state index in [9.17, 15) is 9.18 Å². The largest absolute Gasteiger partial charge is 0.321 e. The Morgan fingerprint density at radius 2 is 1.97 bits per heavy atom. The maximum Gasteiger partial charge on any atom is 0.277 e. The molecular formula is C20H17FN8O. The Balaban J connectivity index is 1.30. The molecule has 30 heavy (non-hydrogen) atoms. The van der Waals surface area contributed by atoms with Crippen molar-refractivity contribution in [3.05, 3.63) is 71.8 Å². The Morgan fingerprint density at radius 1 is 1.10 bits per heavy atom. The molecule has 2 aromatic carbocycles. The second-order valence-electron chi connectivity index (χ2n) is 7.14. The van der Waals surface area contributed by atoms with Crippen LogP contribution in [0.2, 0.25) is 0 Å². The molecule has 0 spiro atoms. The standard InChI is InChI=1S/C20H17FN8O/c21-15-5-1-3-13(9-15)11-28-12-18(23-26-28)20(30)22-16-6-2-4-14(10-16)19-24-25-27-29(19)17-7-8-17/h1-6,9-10,12,17H,7-8,11H2,(H,22,30). The zero-order valence-electron chi connectivity index (χ0n) is 15.8. The van der Waals surface area contributed by atoms with Crippen LogP contribution >= 0.6 is 0 Å². The van der Waals surface area contributed by atoms with E-state index in [2.05, 4.69) is 31.2 Å². The van der Waals surface area contributed by atoms with Crippen molar-refractivity contribution in [2.75, 3.05) is 5.32 Å². The summed E-state index contributed by atoms with van der Waals surface area (Å²) in [5.41, 5.74) is 2.31. The molecule has 0 aliphatic heterocycles. The second kappa shape index (κ2) is 7.47. The molecule has 0 saturated heterocycles. The minimum Gasteiger partial charge on any atom is -0.321 e. The van der Waals surface area contributed by atoms with Crippen LogP contribution in [0.15, 0.2) is 54.7 Å². The fourth-order valence-electron chi connectivity index (χ4n) is 3.18. The third kappa shape index (κ3) is 3.79. The summed E-state index contributed by atoms with van der Waals surface area (Å²) in [7, 11) is 0. The van der Waals surface area contributed by atoms with Gasteiger partial charge in [-0.25, -0.2) is 13.8 Å². The fourth-order valence-corrected chi connectivity index (χ4v) is 3.18. The van der Waals surface area contributed by atoms with E-state index in [-0.39, 0.29) is 17.4 Å². The molecule has 4 aromatic rings. The van der Waals surface area contributed by atoms with Crippen molar-refractivity contribution < 1.29 is 9.18 Å². The first kappa shape index (κ1) is 18.1. The number of halogens is 1. The number of aromatic nitrogens is 7. The van der Waals surface area contributed by atoms with Gasteiger partial charge in [0, 0.05) is 11.3 Å². The van der Waals surface area contributed by atoms with Gasteiger partial charge in [-0.05, 0) is 53.1 Å². The smallest absolute Gasteiger partial charge is 0.277 e. The summed E-state index contributed by atoms with van der Waals surface area (Å²) in [6.07, 6.45) is 3.66. The lowest BCUT2D eigenvalue weighted by atomic mass is 10.2. The summed E-state index contributed by atoms with van der Waals surface area (Å²) in [6, 6.07) is 13.9. The van der Waals surface area contributed by atoms with E-state index in [1.165, 1.54) is 23.0 Å². The average molecular weight is 404 g/mol. The van der Waals surface area contributed by atoms with Crippen LogP contribution in [0, 0.1) is 5.82 Å². The molecule has 0 atom stereocenters. The molecule has 1 N–H and O–H groups in total. The molecule has 2 heterocycles.